The van der Waals surface area contributed by atoms with Gasteiger partial charge in [-0.1, -0.05) is 12.1 Å². The van der Waals surface area contributed by atoms with E-state index in [4.69, 9.17) is 0 Å². The molecule has 2 N–H and O–H groups in total. The molecule has 18 heavy (non-hydrogen) atoms. The van der Waals surface area contributed by atoms with Gasteiger partial charge >= 0.3 is 0 Å². The fraction of sp³-hybridized carbons (Fsp3) is 0.500. The van der Waals surface area contributed by atoms with E-state index in [2.05, 4.69) is 34.5 Å². The van der Waals surface area contributed by atoms with Crippen molar-refractivity contribution in [2.24, 2.45) is 0 Å². The van der Waals surface area contributed by atoms with Gasteiger partial charge in [-0.3, -0.25) is 0 Å². The summed E-state index contributed by atoms with van der Waals surface area (Å²) < 4.78 is 0.500. The van der Waals surface area contributed by atoms with Crippen LogP contribution in [0.5, 0.6) is 0 Å². The SMILES string of the molecule is CSC1(CNC(C)c2nc3ccccc3[nH]2)CC1. The van der Waals surface area contributed by atoms with Gasteiger partial charge in [-0.25, -0.2) is 4.98 Å². The average molecular weight is 261 g/mol. The normalized spacial score (nSPS) is 19.0. The van der Waals surface area contributed by atoms with E-state index in [1.54, 1.807) is 0 Å². The first-order chi connectivity index (χ1) is 8.72. The van der Waals surface area contributed by atoms with Crippen LogP contribution in [0.15, 0.2) is 24.3 Å². The maximum absolute atomic E-state index is 4.63. The molecule has 0 amide bonds. The van der Waals surface area contributed by atoms with Gasteiger partial charge < -0.3 is 10.3 Å². The number of nitrogens with one attached hydrogen (secondary N) is 2. The number of hydrogen-bond acceptors (Lipinski definition) is 3. The predicted octanol–water partition coefficient (Wildman–Crippen LogP) is 3.11. The first-order valence-corrected chi connectivity index (χ1v) is 7.68. The minimum absolute atomic E-state index is 0.280. The average Bonchev–Trinajstić information content (AvgIpc) is 3.05. The third-order valence-electron chi connectivity index (χ3n) is 3.79. The molecule has 2 aromatic rings. The minimum Gasteiger partial charge on any atom is -0.341 e. The van der Waals surface area contributed by atoms with E-state index in [0.717, 1.165) is 23.4 Å². The van der Waals surface area contributed by atoms with Crippen molar-refractivity contribution >= 4 is 22.8 Å². The number of hydrogen-bond donors (Lipinski definition) is 2. The van der Waals surface area contributed by atoms with Gasteiger partial charge in [0.2, 0.25) is 0 Å². The third kappa shape index (κ3) is 2.27. The van der Waals surface area contributed by atoms with Crippen LogP contribution in [0.1, 0.15) is 31.6 Å². The summed E-state index contributed by atoms with van der Waals surface area (Å²) in [4.78, 5) is 8.02. The van der Waals surface area contributed by atoms with E-state index >= 15 is 0 Å². The second kappa shape index (κ2) is 4.59. The van der Waals surface area contributed by atoms with Crippen LogP contribution in [0.2, 0.25) is 0 Å². The molecule has 1 aliphatic rings. The lowest BCUT2D eigenvalue weighted by Gasteiger charge is -2.16. The van der Waals surface area contributed by atoms with Crippen molar-refractivity contribution in [2.45, 2.75) is 30.6 Å². The highest BCUT2D eigenvalue weighted by atomic mass is 32.2. The van der Waals surface area contributed by atoms with Crippen LogP contribution in [-0.4, -0.2) is 27.5 Å². The Morgan fingerprint density at radius 1 is 1.44 bits per heavy atom. The number of fused-ring (bicyclic) bond motifs is 1. The van der Waals surface area contributed by atoms with Crippen LogP contribution in [0.25, 0.3) is 11.0 Å². The van der Waals surface area contributed by atoms with Crippen LogP contribution >= 0.6 is 11.8 Å². The molecule has 3 nitrogen and oxygen atoms in total. The molecule has 1 aliphatic carbocycles. The summed E-state index contributed by atoms with van der Waals surface area (Å²) in [5.74, 6) is 1.04. The fourth-order valence-electron chi connectivity index (χ4n) is 2.21. The Hall–Kier alpha value is -1.00. The van der Waals surface area contributed by atoms with E-state index in [0.29, 0.717) is 4.75 Å². The van der Waals surface area contributed by atoms with Gasteiger partial charge in [0.15, 0.2) is 0 Å². The Morgan fingerprint density at radius 3 is 2.89 bits per heavy atom. The molecule has 0 aliphatic heterocycles. The monoisotopic (exact) mass is 261 g/mol. The first-order valence-electron chi connectivity index (χ1n) is 6.46. The minimum atomic E-state index is 0.280. The van der Waals surface area contributed by atoms with E-state index < -0.39 is 0 Å². The van der Waals surface area contributed by atoms with Crippen molar-refractivity contribution in [3.8, 4) is 0 Å². The van der Waals surface area contributed by atoms with Crippen LogP contribution in [0.3, 0.4) is 0 Å². The summed E-state index contributed by atoms with van der Waals surface area (Å²) in [5, 5.41) is 3.60. The quantitative estimate of drug-likeness (QED) is 0.869. The number of para-hydroxylation sites is 2. The Labute approximate surface area is 112 Å². The van der Waals surface area contributed by atoms with Crippen molar-refractivity contribution in [3.05, 3.63) is 30.1 Å². The van der Waals surface area contributed by atoms with Gasteiger partial charge in [-0.15, -0.1) is 0 Å². The summed E-state index contributed by atoms with van der Waals surface area (Å²) in [5.41, 5.74) is 2.17. The maximum atomic E-state index is 4.63. The zero-order chi connectivity index (χ0) is 12.6. The van der Waals surface area contributed by atoms with Gasteiger partial charge in [0.1, 0.15) is 5.82 Å². The number of benzene rings is 1. The number of imidazole rings is 1. The highest BCUT2D eigenvalue weighted by molar-refractivity contribution is 8.00. The molecule has 3 rings (SSSR count). The second-order valence-electron chi connectivity index (χ2n) is 5.13. The zero-order valence-electron chi connectivity index (χ0n) is 10.9. The molecule has 0 radical (unpaired) electrons. The lowest BCUT2D eigenvalue weighted by atomic mass is 10.3. The van der Waals surface area contributed by atoms with Crippen LogP contribution in [0.4, 0.5) is 0 Å². The number of aromatic amines is 1. The van der Waals surface area contributed by atoms with Gasteiger partial charge in [-0.05, 0) is 38.2 Å². The third-order valence-corrected chi connectivity index (χ3v) is 5.21. The zero-order valence-corrected chi connectivity index (χ0v) is 11.7. The van der Waals surface area contributed by atoms with Gasteiger partial charge in [0.05, 0.1) is 17.1 Å². The number of aromatic nitrogens is 2. The molecule has 1 aromatic heterocycles. The van der Waals surface area contributed by atoms with Gasteiger partial charge in [-0.2, -0.15) is 11.8 Å². The molecule has 1 heterocycles. The number of thioether (sulfide) groups is 1. The fourth-order valence-corrected chi connectivity index (χ4v) is 2.94. The van der Waals surface area contributed by atoms with E-state index in [1.165, 1.54) is 12.8 Å². The van der Waals surface area contributed by atoms with Crippen LogP contribution in [0, 0.1) is 0 Å². The van der Waals surface area contributed by atoms with Gasteiger partial charge in [0, 0.05) is 11.3 Å². The van der Waals surface area contributed by atoms with Crippen LogP contribution in [-0.2, 0) is 0 Å². The molecule has 96 valence electrons. The van der Waals surface area contributed by atoms with Crippen LogP contribution < -0.4 is 5.32 Å². The van der Waals surface area contributed by atoms with Crippen molar-refractivity contribution in [1.29, 1.82) is 0 Å². The lowest BCUT2D eigenvalue weighted by molar-refractivity contribution is 0.543. The highest BCUT2D eigenvalue weighted by Gasteiger charge is 2.41. The van der Waals surface area contributed by atoms with E-state index in [-0.39, 0.29) is 6.04 Å². The topological polar surface area (TPSA) is 40.7 Å². The molecule has 1 atom stereocenters. The van der Waals surface area contributed by atoms with Gasteiger partial charge in [0.25, 0.3) is 0 Å². The lowest BCUT2D eigenvalue weighted by Crippen LogP contribution is -2.29. The number of nitrogens with zero attached hydrogens (tertiary/aromatic N) is 1. The Morgan fingerprint density at radius 2 is 2.22 bits per heavy atom. The Balaban J connectivity index is 1.69. The largest absolute Gasteiger partial charge is 0.341 e. The second-order valence-corrected chi connectivity index (χ2v) is 6.40. The van der Waals surface area contributed by atoms with Crippen molar-refractivity contribution in [2.75, 3.05) is 12.8 Å². The van der Waals surface area contributed by atoms with E-state index in [9.17, 15) is 0 Å². The summed E-state index contributed by atoms with van der Waals surface area (Å²) in [6.45, 7) is 3.25. The number of H-pyrrole nitrogens is 1. The van der Waals surface area contributed by atoms with Crippen molar-refractivity contribution in [3.63, 3.8) is 0 Å². The highest BCUT2D eigenvalue weighted by Crippen LogP contribution is 2.46. The van der Waals surface area contributed by atoms with Crippen molar-refractivity contribution in [1.82, 2.24) is 15.3 Å². The molecule has 0 bridgehead atoms. The number of rotatable bonds is 5. The molecule has 0 spiro atoms. The Kier molecular flexibility index (Phi) is 3.08. The van der Waals surface area contributed by atoms with Crippen molar-refractivity contribution < 1.29 is 0 Å². The summed E-state index contributed by atoms with van der Waals surface area (Å²) >= 11 is 1.99. The Bertz CT molecular complexity index is 512. The molecule has 1 fully saturated rings. The molecule has 0 saturated heterocycles. The standard InChI is InChI=1S/C14H19N3S/c1-10(15-9-14(18-2)7-8-14)13-16-11-5-3-4-6-12(11)17-13/h3-6,10,15H,7-9H2,1-2H3,(H,16,17). The molecule has 1 unspecified atom stereocenters. The summed E-state index contributed by atoms with van der Waals surface area (Å²) in [7, 11) is 0. The maximum Gasteiger partial charge on any atom is 0.124 e. The molecule has 1 saturated carbocycles. The van der Waals surface area contributed by atoms with E-state index in [1.807, 2.05) is 30.0 Å². The molecular weight excluding hydrogens is 242 g/mol. The smallest absolute Gasteiger partial charge is 0.124 e. The molecule has 4 heteroatoms. The summed E-state index contributed by atoms with van der Waals surface area (Å²) in [6.07, 6.45) is 4.89. The molecular formula is C14H19N3S. The predicted molar refractivity (Wildman–Crippen MR) is 78.0 cm³/mol. The first kappa shape index (κ1) is 12.1. The summed E-state index contributed by atoms with van der Waals surface area (Å²) in [6, 6.07) is 8.46. The molecule has 1 aromatic carbocycles.